The van der Waals surface area contributed by atoms with Crippen molar-refractivity contribution in [1.29, 1.82) is 0 Å². The maximum atomic E-state index is 5.84. The molecule has 0 spiro atoms. The van der Waals surface area contributed by atoms with E-state index in [4.69, 9.17) is 42.3 Å². The number of halogens is 2. The van der Waals surface area contributed by atoms with E-state index in [2.05, 4.69) is 5.16 Å². The molecule has 0 heterocycles. The molecule has 5 nitrogen and oxygen atoms in total. The minimum Gasteiger partial charge on any atom is -0.489 e. The number of ether oxygens (including phenoxy) is 3. The van der Waals surface area contributed by atoms with Crippen LogP contribution in [-0.4, -0.2) is 24.5 Å². The van der Waals surface area contributed by atoms with Gasteiger partial charge in [-0.05, 0) is 81.8 Å². The zero-order valence-corrected chi connectivity index (χ0v) is 19.2. The molecule has 0 N–H and O–H groups in total. The van der Waals surface area contributed by atoms with E-state index in [1.807, 2.05) is 76.2 Å². The van der Waals surface area contributed by atoms with Crippen molar-refractivity contribution >= 4 is 28.9 Å². The van der Waals surface area contributed by atoms with Gasteiger partial charge in [-0.15, -0.1) is 0 Å². The van der Waals surface area contributed by atoms with Crippen molar-refractivity contribution in [2.24, 2.45) is 5.16 Å². The van der Waals surface area contributed by atoms with Gasteiger partial charge in [0.15, 0.2) is 0 Å². The lowest BCUT2D eigenvalue weighted by atomic mass is 10.2. The molecular weight excluding hydrogens is 425 g/mol. The van der Waals surface area contributed by atoms with Crippen LogP contribution in [0.5, 0.6) is 23.0 Å². The number of hydrogen-bond acceptors (Lipinski definition) is 5. The highest BCUT2D eigenvalue weighted by Gasteiger charge is 2.11. The lowest BCUT2D eigenvalue weighted by molar-refractivity contribution is -0.000143. The molecule has 0 aliphatic carbocycles. The van der Waals surface area contributed by atoms with Crippen LogP contribution in [0, 0.1) is 0 Å². The van der Waals surface area contributed by atoms with Gasteiger partial charge >= 0.3 is 0 Å². The van der Waals surface area contributed by atoms with Gasteiger partial charge in [-0.25, -0.2) is 0 Å². The Balaban J connectivity index is 1.86. The smallest absolute Gasteiger partial charge is 0.130 e. The number of rotatable bonds is 10. The van der Waals surface area contributed by atoms with Crippen molar-refractivity contribution in [2.75, 3.05) is 13.2 Å². The Morgan fingerprint density at radius 3 is 1.83 bits per heavy atom. The molecule has 0 atom stereocenters. The molecule has 30 heavy (non-hydrogen) atoms. The quantitative estimate of drug-likeness (QED) is 0.284. The summed E-state index contributed by atoms with van der Waals surface area (Å²) in [4.78, 5) is 5.46. The molecule has 0 bridgehead atoms. The van der Waals surface area contributed by atoms with Crippen molar-refractivity contribution in [3.8, 4) is 23.0 Å². The van der Waals surface area contributed by atoms with Gasteiger partial charge in [-0.2, -0.15) is 0 Å². The Labute approximate surface area is 188 Å². The van der Waals surface area contributed by atoms with E-state index < -0.39 is 0 Å². The third-order valence-electron chi connectivity index (χ3n) is 3.63. The Kier molecular flexibility index (Phi) is 9.34. The normalized spacial score (nSPS) is 11.6. The highest BCUT2D eigenvalue weighted by molar-refractivity contribution is 6.55. The average molecular weight is 452 g/mol. The fraction of sp³-hybridized carbons (Fsp3) is 0.348. The first-order valence-corrected chi connectivity index (χ1v) is 10.4. The zero-order valence-electron chi connectivity index (χ0n) is 17.7. The first kappa shape index (κ1) is 23.9. The topological polar surface area (TPSA) is 49.3 Å². The van der Waals surface area contributed by atoms with Gasteiger partial charge in [0.2, 0.25) is 0 Å². The average Bonchev–Trinajstić information content (AvgIpc) is 2.69. The summed E-state index contributed by atoms with van der Waals surface area (Å²) in [5.74, 6) is 2.82. The standard InChI is InChI=1S/C23H27Cl2NO4/c1-5-17(26-30-23(2,3)4)16-28-19-8-12-21(13-9-19)29-20-10-6-18(7-11-20)27-15-14-22(24)25/h6-14H,5,15-16H2,1-4H3. The summed E-state index contributed by atoms with van der Waals surface area (Å²) in [5, 5.41) is 4.18. The van der Waals surface area contributed by atoms with Crippen LogP contribution >= 0.6 is 23.2 Å². The minimum absolute atomic E-state index is 0.179. The molecule has 0 amide bonds. The molecule has 2 aromatic rings. The SMILES string of the molecule is CCC(COc1ccc(Oc2ccc(OCC=C(Cl)Cl)cc2)cc1)=NOC(C)(C)C. The van der Waals surface area contributed by atoms with Crippen LogP contribution in [0.15, 0.2) is 64.3 Å². The van der Waals surface area contributed by atoms with Crippen LogP contribution < -0.4 is 14.2 Å². The zero-order chi connectivity index (χ0) is 22.0. The summed E-state index contributed by atoms with van der Waals surface area (Å²) in [6.45, 7) is 8.57. The van der Waals surface area contributed by atoms with Gasteiger partial charge in [-0.1, -0.05) is 35.3 Å². The van der Waals surface area contributed by atoms with Gasteiger partial charge in [0.25, 0.3) is 0 Å². The van der Waals surface area contributed by atoms with Crippen LogP contribution in [0.25, 0.3) is 0 Å². The van der Waals surface area contributed by atoms with E-state index in [9.17, 15) is 0 Å². The van der Waals surface area contributed by atoms with Gasteiger partial charge in [0.1, 0.15) is 46.3 Å². The molecule has 2 rings (SSSR count). The molecule has 7 heteroatoms. The summed E-state index contributed by atoms with van der Waals surface area (Å²) in [6.07, 6.45) is 2.33. The van der Waals surface area contributed by atoms with Crippen LogP contribution in [0.1, 0.15) is 34.1 Å². The predicted octanol–water partition coefficient (Wildman–Crippen LogP) is 7.14. The molecule has 0 fully saturated rings. The second-order valence-electron chi connectivity index (χ2n) is 7.35. The fourth-order valence-electron chi connectivity index (χ4n) is 2.11. The predicted molar refractivity (Wildman–Crippen MR) is 122 cm³/mol. The van der Waals surface area contributed by atoms with Gasteiger partial charge in [0, 0.05) is 0 Å². The molecular formula is C23H27Cl2NO4. The van der Waals surface area contributed by atoms with Crippen molar-refractivity contribution in [3.63, 3.8) is 0 Å². The van der Waals surface area contributed by atoms with E-state index in [0.29, 0.717) is 30.5 Å². The summed E-state index contributed by atoms with van der Waals surface area (Å²) in [7, 11) is 0. The Bertz CT molecular complexity index is 837. The van der Waals surface area contributed by atoms with Crippen LogP contribution in [0.3, 0.4) is 0 Å². The largest absolute Gasteiger partial charge is 0.489 e. The second kappa shape index (κ2) is 11.7. The Hall–Kier alpha value is -2.37. The second-order valence-corrected chi connectivity index (χ2v) is 8.36. The molecule has 0 saturated heterocycles. The van der Waals surface area contributed by atoms with Crippen molar-refractivity contribution in [1.82, 2.24) is 0 Å². The molecule has 0 aliphatic heterocycles. The van der Waals surface area contributed by atoms with Gasteiger partial charge in [0.05, 0.1) is 5.71 Å². The molecule has 0 aliphatic rings. The van der Waals surface area contributed by atoms with E-state index in [0.717, 1.165) is 17.9 Å². The highest BCUT2D eigenvalue weighted by atomic mass is 35.5. The number of oxime groups is 1. The molecule has 0 radical (unpaired) electrons. The van der Waals surface area contributed by atoms with Crippen LogP contribution in [-0.2, 0) is 4.84 Å². The lowest BCUT2D eigenvalue weighted by Gasteiger charge is -2.17. The Morgan fingerprint density at radius 1 is 0.867 bits per heavy atom. The van der Waals surface area contributed by atoms with E-state index in [1.54, 1.807) is 6.08 Å². The third-order valence-corrected chi connectivity index (χ3v) is 3.94. The maximum Gasteiger partial charge on any atom is 0.130 e. The summed E-state index contributed by atoms with van der Waals surface area (Å²) < 4.78 is 17.3. The number of benzene rings is 2. The third kappa shape index (κ3) is 9.42. The first-order chi connectivity index (χ1) is 14.2. The summed E-state index contributed by atoms with van der Waals surface area (Å²) >= 11 is 11.1. The monoisotopic (exact) mass is 451 g/mol. The Morgan fingerprint density at radius 2 is 1.37 bits per heavy atom. The number of hydrogen-bond donors (Lipinski definition) is 0. The van der Waals surface area contributed by atoms with Crippen molar-refractivity contribution in [2.45, 2.75) is 39.7 Å². The van der Waals surface area contributed by atoms with Gasteiger partial charge in [-0.3, -0.25) is 0 Å². The molecule has 2 aromatic carbocycles. The first-order valence-electron chi connectivity index (χ1n) is 9.64. The minimum atomic E-state index is -0.321. The lowest BCUT2D eigenvalue weighted by Crippen LogP contribution is -2.19. The van der Waals surface area contributed by atoms with Gasteiger partial charge < -0.3 is 19.0 Å². The van der Waals surface area contributed by atoms with Crippen LogP contribution in [0.4, 0.5) is 0 Å². The van der Waals surface area contributed by atoms with Crippen molar-refractivity contribution in [3.05, 3.63) is 59.1 Å². The van der Waals surface area contributed by atoms with E-state index >= 15 is 0 Å². The van der Waals surface area contributed by atoms with E-state index in [-0.39, 0.29) is 10.1 Å². The molecule has 162 valence electrons. The summed E-state index contributed by atoms with van der Waals surface area (Å²) in [5.41, 5.74) is 0.523. The van der Waals surface area contributed by atoms with E-state index in [1.165, 1.54) is 0 Å². The molecule has 0 aromatic heterocycles. The summed E-state index contributed by atoms with van der Waals surface area (Å²) in [6, 6.07) is 14.7. The number of nitrogens with zero attached hydrogens (tertiary/aromatic N) is 1. The van der Waals surface area contributed by atoms with Crippen molar-refractivity contribution < 1.29 is 19.0 Å². The molecule has 0 unspecified atom stereocenters. The fourth-order valence-corrected chi connectivity index (χ4v) is 2.23. The highest BCUT2D eigenvalue weighted by Crippen LogP contribution is 2.26. The van der Waals surface area contributed by atoms with Crippen LogP contribution in [0.2, 0.25) is 0 Å². The maximum absolute atomic E-state index is 5.84. The molecule has 0 saturated carbocycles.